The van der Waals surface area contributed by atoms with E-state index in [4.69, 9.17) is 11.5 Å². The Balaban J connectivity index is 2.88. The van der Waals surface area contributed by atoms with Gasteiger partial charge in [0.15, 0.2) is 0 Å². The van der Waals surface area contributed by atoms with Crippen molar-refractivity contribution in [1.82, 2.24) is 0 Å². The van der Waals surface area contributed by atoms with Gasteiger partial charge in [-0.1, -0.05) is 6.07 Å². The van der Waals surface area contributed by atoms with Crippen molar-refractivity contribution in [1.29, 1.82) is 0 Å². The SMILES string of the molecule is Cc1cc(F)ccc1[C@H](N)CCN. The van der Waals surface area contributed by atoms with Crippen molar-refractivity contribution in [2.45, 2.75) is 19.4 Å². The third-order valence-corrected chi connectivity index (χ3v) is 2.11. The van der Waals surface area contributed by atoms with Crippen LogP contribution in [0.25, 0.3) is 0 Å². The van der Waals surface area contributed by atoms with Crippen LogP contribution in [0.1, 0.15) is 23.6 Å². The summed E-state index contributed by atoms with van der Waals surface area (Å²) in [7, 11) is 0. The molecule has 3 heteroatoms. The molecule has 0 bridgehead atoms. The van der Waals surface area contributed by atoms with Gasteiger partial charge in [-0.2, -0.15) is 0 Å². The molecule has 0 radical (unpaired) electrons. The second-order valence-corrected chi connectivity index (χ2v) is 3.18. The van der Waals surface area contributed by atoms with E-state index in [-0.39, 0.29) is 11.9 Å². The average Bonchev–Trinajstić information content (AvgIpc) is 2.04. The summed E-state index contributed by atoms with van der Waals surface area (Å²) in [6.07, 6.45) is 0.729. The summed E-state index contributed by atoms with van der Waals surface area (Å²) < 4.78 is 12.7. The Labute approximate surface area is 77.7 Å². The highest BCUT2D eigenvalue weighted by Gasteiger charge is 2.07. The first-order chi connectivity index (χ1) is 6.15. The van der Waals surface area contributed by atoms with E-state index < -0.39 is 0 Å². The third kappa shape index (κ3) is 2.50. The number of aryl methyl sites for hydroxylation is 1. The molecule has 0 aromatic heterocycles. The molecule has 0 saturated carbocycles. The lowest BCUT2D eigenvalue weighted by atomic mass is 9.99. The average molecular weight is 182 g/mol. The molecule has 0 aliphatic rings. The van der Waals surface area contributed by atoms with Gasteiger partial charge in [0.1, 0.15) is 5.82 Å². The molecule has 0 saturated heterocycles. The van der Waals surface area contributed by atoms with E-state index in [1.54, 1.807) is 6.07 Å². The number of hydrogen-bond donors (Lipinski definition) is 2. The molecule has 2 nitrogen and oxygen atoms in total. The van der Waals surface area contributed by atoms with Crippen molar-refractivity contribution < 1.29 is 4.39 Å². The fourth-order valence-corrected chi connectivity index (χ4v) is 1.39. The van der Waals surface area contributed by atoms with Crippen molar-refractivity contribution >= 4 is 0 Å². The normalized spacial score (nSPS) is 12.9. The van der Waals surface area contributed by atoms with Crippen LogP contribution in [0.3, 0.4) is 0 Å². The largest absolute Gasteiger partial charge is 0.330 e. The first kappa shape index (κ1) is 10.2. The van der Waals surface area contributed by atoms with Gasteiger partial charge in [0.25, 0.3) is 0 Å². The maximum atomic E-state index is 12.7. The summed E-state index contributed by atoms with van der Waals surface area (Å²) in [5, 5.41) is 0. The molecule has 1 aromatic carbocycles. The molecule has 13 heavy (non-hydrogen) atoms. The molecule has 0 amide bonds. The fraction of sp³-hybridized carbons (Fsp3) is 0.400. The molecule has 0 spiro atoms. The lowest BCUT2D eigenvalue weighted by molar-refractivity contribution is 0.618. The van der Waals surface area contributed by atoms with Gasteiger partial charge in [-0.25, -0.2) is 4.39 Å². The molecular weight excluding hydrogens is 167 g/mol. The van der Waals surface area contributed by atoms with Crippen LogP contribution in [0.4, 0.5) is 4.39 Å². The van der Waals surface area contributed by atoms with Crippen LogP contribution >= 0.6 is 0 Å². The minimum absolute atomic E-state index is 0.0781. The smallest absolute Gasteiger partial charge is 0.123 e. The van der Waals surface area contributed by atoms with Gasteiger partial charge in [0, 0.05) is 6.04 Å². The number of rotatable bonds is 3. The minimum atomic E-state index is -0.221. The molecule has 1 atom stereocenters. The summed E-state index contributed by atoms with van der Waals surface area (Å²) in [5.41, 5.74) is 13.1. The molecule has 0 unspecified atom stereocenters. The predicted molar refractivity (Wildman–Crippen MR) is 51.7 cm³/mol. The molecule has 72 valence electrons. The molecule has 1 aromatic rings. The van der Waals surface area contributed by atoms with Crippen LogP contribution in [0, 0.1) is 12.7 Å². The Kier molecular flexibility index (Phi) is 3.39. The summed E-state index contributed by atoms with van der Waals surface area (Å²) in [6.45, 7) is 2.41. The highest BCUT2D eigenvalue weighted by molar-refractivity contribution is 5.29. The molecule has 0 fully saturated rings. The maximum Gasteiger partial charge on any atom is 0.123 e. The van der Waals surface area contributed by atoms with Crippen LogP contribution < -0.4 is 11.5 Å². The Morgan fingerprint density at radius 2 is 2.15 bits per heavy atom. The highest BCUT2D eigenvalue weighted by Crippen LogP contribution is 2.18. The zero-order valence-electron chi connectivity index (χ0n) is 7.76. The summed E-state index contributed by atoms with van der Waals surface area (Å²) >= 11 is 0. The van der Waals surface area contributed by atoms with Gasteiger partial charge < -0.3 is 11.5 Å². The van der Waals surface area contributed by atoms with E-state index in [0.717, 1.165) is 17.5 Å². The third-order valence-electron chi connectivity index (χ3n) is 2.11. The summed E-state index contributed by atoms with van der Waals surface area (Å²) in [4.78, 5) is 0. The molecule has 4 N–H and O–H groups in total. The standard InChI is InChI=1S/C10H15FN2/c1-7-6-8(11)2-3-9(7)10(13)4-5-12/h2-3,6,10H,4-5,12-13H2,1H3/t10-/m1/s1. The Hall–Kier alpha value is -0.930. The minimum Gasteiger partial charge on any atom is -0.330 e. The number of benzene rings is 1. The van der Waals surface area contributed by atoms with Gasteiger partial charge >= 0.3 is 0 Å². The van der Waals surface area contributed by atoms with Crippen LogP contribution in [0.2, 0.25) is 0 Å². The molecular formula is C10H15FN2. The molecule has 1 rings (SSSR count). The first-order valence-corrected chi connectivity index (χ1v) is 4.37. The Bertz CT molecular complexity index is 286. The zero-order chi connectivity index (χ0) is 9.84. The Morgan fingerprint density at radius 1 is 1.46 bits per heavy atom. The monoisotopic (exact) mass is 182 g/mol. The van der Waals surface area contributed by atoms with Crippen molar-refractivity contribution in [2.24, 2.45) is 11.5 Å². The topological polar surface area (TPSA) is 52.0 Å². The van der Waals surface area contributed by atoms with Crippen LogP contribution in [-0.4, -0.2) is 6.54 Å². The molecule has 0 aliphatic carbocycles. The highest BCUT2D eigenvalue weighted by atomic mass is 19.1. The van der Waals surface area contributed by atoms with Crippen molar-refractivity contribution in [3.63, 3.8) is 0 Å². The molecule has 0 aliphatic heterocycles. The lowest BCUT2D eigenvalue weighted by Crippen LogP contribution is -2.16. The van der Waals surface area contributed by atoms with Crippen molar-refractivity contribution in [2.75, 3.05) is 6.54 Å². The second kappa shape index (κ2) is 4.35. The summed E-state index contributed by atoms with van der Waals surface area (Å²) in [5.74, 6) is -0.221. The van der Waals surface area contributed by atoms with Crippen LogP contribution in [-0.2, 0) is 0 Å². The van der Waals surface area contributed by atoms with E-state index in [0.29, 0.717) is 6.54 Å². The second-order valence-electron chi connectivity index (χ2n) is 3.18. The zero-order valence-corrected chi connectivity index (χ0v) is 7.76. The van der Waals surface area contributed by atoms with E-state index >= 15 is 0 Å². The van der Waals surface area contributed by atoms with Gasteiger partial charge in [-0.3, -0.25) is 0 Å². The quantitative estimate of drug-likeness (QED) is 0.744. The maximum absolute atomic E-state index is 12.7. The lowest BCUT2D eigenvalue weighted by Gasteiger charge is -2.13. The number of halogens is 1. The van der Waals surface area contributed by atoms with Crippen molar-refractivity contribution in [3.8, 4) is 0 Å². The summed E-state index contributed by atoms with van der Waals surface area (Å²) in [6, 6.07) is 4.57. The van der Waals surface area contributed by atoms with Crippen LogP contribution in [0.5, 0.6) is 0 Å². The van der Waals surface area contributed by atoms with Gasteiger partial charge in [-0.05, 0) is 43.1 Å². The first-order valence-electron chi connectivity index (χ1n) is 4.37. The van der Waals surface area contributed by atoms with Gasteiger partial charge in [0.05, 0.1) is 0 Å². The van der Waals surface area contributed by atoms with Gasteiger partial charge in [0.2, 0.25) is 0 Å². The van der Waals surface area contributed by atoms with E-state index in [9.17, 15) is 4.39 Å². The van der Waals surface area contributed by atoms with Gasteiger partial charge in [-0.15, -0.1) is 0 Å². The predicted octanol–water partition coefficient (Wildman–Crippen LogP) is 1.48. The molecule has 0 heterocycles. The van der Waals surface area contributed by atoms with E-state index in [2.05, 4.69) is 0 Å². The van der Waals surface area contributed by atoms with Crippen LogP contribution in [0.15, 0.2) is 18.2 Å². The Morgan fingerprint density at radius 3 is 2.69 bits per heavy atom. The van der Waals surface area contributed by atoms with Crippen molar-refractivity contribution in [3.05, 3.63) is 35.1 Å². The van der Waals surface area contributed by atoms with E-state index in [1.165, 1.54) is 12.1 Å². The number of nitrogens with two attached hydrogens (primary N) is 2. The number of hydrogen-bond acceptors (Lipinski definition) is 2. The van der Waals surface area contributed by atoms with E-state index in [1.807, 2.05) is 6.92 Å². The fourth-order valence-electron chi connectivity index (χ4n) is 1.39.